The molecule has 0 aromatic heterocycles. The van der Waals surface area contributed by atoms with E-state index in [-0.39, 0.29) is 24.2 Å². The second kappa shape index (κ2) is 8.86. The Bertz CT molecular complexity index is 587. The van der Waals surface area contributed by atoms with E-state index in [1.165, 1.54) is 0 Å². The average molecular weight is 412 g/mol. The molecule has 0 spiro atoms. The fourth-order valence-electron chi connectivity index (χ4n) is 2.32. The lowest BCUT2D eigenvalue weighted by Gasteiger charge is -2.23. The van der Waals surface area contributed by atoms with Crippen LogP contribution in [0.25, 0.3) is 0 Å². The molecule has 0 bridgehead atoms. The van der Waals surface area contributed by atoms with Crippen LogP contribution in [0.15, 0.2) is 28.7 Å². The Morgan fingerprint density at radius 3 is 2.41 bits per heavy atom. The number of sulfone groups is 1. The number of carbonyl (C=O) groups is 1. The molecule has 1 heterocycles. The van der Waals surface area contributed by atoms with Crippen LogP contribution in [-0.2, 0) is 20.4 Å². The topological polar surface area (TPSA) is 75.3 Å². The highest BCUT2D eigenvalue weighted by Gasteiger charge is 2.21. The van der Waals surface area contributed by atoms with E-state index in [0.717, 1.165) is 30.4 Å². The van der Waals surface area contributed by atoms with Gasteiger partial charge in [-0.25, -0.2) is 8.42 Å². The molecule has 1 fully saturated rings. The molecular formula is C14H20BrClN2O3S. The molecule has 1 aliphatic heterocycles. The first-order chi connectivity index (χ1) is 9.94. The van der Waals surface area contributed by atoms with Crippen molar-refractivity contribution in [1.29, 1.82) is 0 Å². The highest BCUT2D eigenvalue weighted by Crippen LogP contribution is 2.13. The molecule has 124 valence electrons. The summed E-state index contributed by atoms with van der Waals surface area (Å²) in [4.78, 5) is 11.9. The molecule has 5 nitrogen and oxygen atoms in total. The first-order valence-corrected chi connectivity index (χ1v) is 9.51. The van der Waals surface area contributed by atoms with E-state index < -0.39 is 21.5 Å². The van der Waals surface area contributed by atoms with Gasteiger partial charge in [0.2, 0.25) is 5.91 Å². The Morgan fingerprint density at radius 1 is 1.23 bits per heavy atom. The zero-order valence-electron chi connectivity index (χ0n) is 12.0. The summed E-state index contributed by atoms with van der Waals surface area (Å²) in [6.45, 7) is 1.72. The SMILES string of the molecule is Cl.O=C(CS(=O)(=O)Cc1ccc(Br)cc1)NC1CCNCC1. The van der Waals surface area contributed by atoms with Crippen molar-refractivity contribution < 1.29 is 13.2 Å². The summed E-state index contributed by atoms with van der Waals surface area (Å²) in [5, 5.41) is 6.00. The van der Waals surface area contributed by atoms with Crippen LogP contribution in [0.1, 0.15) is 18.4 Å². The third-order valence-electron chi connectivity index (χ3n) is 3.36. The molecule has 0 radical (unpaired) electrons. The zero-order valence-corrected chi connectivity index (χ0v) is 15.3. The lowest BCUT2D eigenvalue weighted by Crippen LogP contribution is -2.44. The maximum atomic E-state index is 12.1. The summed E-state index contributed by atoms with van der Waals surface area (Å²) in [6.07, 6.45) is 1.69. The van der Waals surface area contributed by atoms with Crippen molar-refractivity contribution in [3.63, 3.8) is 0 Å². The van der Waals surface area contributed by atoms with E-state index in [9.17, 15) is 13.2 Å². The Kier molecular flexibility index (Phi) is 7.82. The molecule has 1 aromatic rings. The summed E-state index contributed by atoms with van der Waals surface area (Å²) in [5.74, 6) is -0.966. The summed E-state index contributed by atoms with van der Waals surface area (Å²) in [6, 6.07) is 7.15. The number of carbonyl (C=O) groups excluding carboxylic acids is 1. The van der Waals surface area contributed by atoms with Gasteiger partial charge >= 0.3 is 0 Å². The van der Waals surface area contributed by atoms with Crippen LogP contribution in [-0.4, -0.2) is 39.2 Å². The van der Waals surface area contributed by atoms with Crippen molar-refractivity contribution in [1.82, 2.24) is 10.6 Å². The monoisotopic (exact) mass is 410 g/mol. The predicted molar refractivity (Wildman–Crippen MR) is 92.9 cm³/mol. The minimum absolute atomic E-state index is 0. The largest absolute Gasteiger partial charge is 0.352 e. The van der Waals surface area contributed by atoms with Crippen molar-refractivity contribution >= 4 is 44.1 Å². The lowest BCUT2D eigenvalue weighted by atomic mass is 10.1. The number of benzene rings is 1. The van der Waals surface area contributed by atoms with E-state index in [2.05, 4.69) is 26.6 Å². The molecule has 0 unspecified atom stereocenters. The summed E-state index contributed by atoms with van der Waals surface area (Å²) in [7, 11) is -3.44. The molecule has 2 N–H and O–H groups in total. The van der Waals surface area contributed by atoms with E-state index in [4.69, 9.17) is 0 Å². The van der Waals surface area contributed by atoms with Crippen LogP contribution >= 0.6 is 28.3 Å². The number of hydrogen-bond donors (Lipinski definition) is 2. The van der Waals surface area contributed by atoms with Gasteiger partial charge in [0.15, 0.2) is 9.84 Å². The minimum atomic E-state index is -3.44. The quantitative estimate of drug-likeness (QED) is 0.772. The third kappa shape index (κ3) is 6.64. The maximum absolute atomic E-state index is 12.1. The number of hydrogen-bond acceptors (Lipinski definition) is 4. The summed E-state index contributed by atoms with van der Waals surface area (Å²) in [5.41, 5.74) is 0.688. The van der Waals surface area contributed by atoms with E-state index in [1.54, 1.807) is 24.3 Å². The molecule has 22 heavy (non-hydrogen) atoms. The Labute approximate surface area is 145 Å². The highest BCUT2D eigenvalue weighted by atomic mass is 79.9. The van der Waals surface area contributed by atoms with Gasteiger partial charge in [-0.15, -0.1) is 12.4 Å². The second-order valence-electron chi connectivity index (χ2n) is 5.25. The smallest absolute Gasteiger partial charge is 0.235 e. The molecule has 0 atom stereocenters. The third-order valence-corrected chi connectivity index (χ3v) is 5.36. The van der Waals surface area contributed by atoms with Crippen LogP contribution in [0.4, 0.5) is 0 Å². The number of piperidine rings is 1. The molecular weight excluding hydrogens is 392 g/mol. The van der Waals surface area contributed by atoms with Gasteiger partial charge in [-0.05, 0) is 43.6 Å². The van der Waals surface area contributed by atoms with Gasteiger partial charge in [0.25, 0.3) is 0 Å². The summed E-state index contributed by atoms with van der Waals surface area (Å²) >= 11 is 3.30. The normalized spacial score (nSPS) is 15.9. The fourth-order valence-corrected chi connectivity index (χ4v) is 3.87. The molecule has 1 saturated heterocycles. The number of amides is 1. The molecule has 0 aliphatic carbocycles. The van der Waals surface area contributed by atoms with Crippen LogP contribution in [0.2, 0.25) is 0 Å². The second-order valence-corrected chi connectivity index (χ2v) is 8.23. The number of rotatable bonds is 5. The van der Waals surface area contributed by atoms with E-state index >= 15 is 0 Å². The van der Waals surface area contributed by atoms with Crippen LogP contribution in [0, 0.1) is 0 Å². The Balaban J connectivity index is 0.00000242. The molecule has 8 heteroatoms. The van der Waals surface area contributed by atoms with Crippen molar-refractivity contribution in [3.05, 3.63) is 34.3 Å². The first-order valence-electron chi connectivity index (χ1n) is 6.89. The number of halogens is 2. The van der Waals surface area contributed by atoms with Gasteiger partial charge in [0, 0.05) is 10.5 Å². The highest BCUT2D eigenvalue weighted by molar-refractivity contribution is 9.10. The fraction of sp³-hybridized carbons (Fsp3) is 0.500. The number of nitrogens with one attached hydrogen (secondary N) is 2. The molecule has 1 aromatic carbocycles. The van der Waals surface area contributed by atoms with Gasteiger partial charge in [-0.2, -0.15) is 0 Å². The molecule has 1 amide bonds. The van der Waals surface area contributed by atoms with Crippen LogP contribution < -0.4 is 10.6 Å². The molecule has 0 saturated carbocycles. The van der Waals surface area contributed by atoms with Gasteiger partial charge in [0.1, 0.15) is 5.75 Å². The standard InChI is InChI=1S/C14H19BrN2O3S.ClH/c15-12-3-1-11(2-4-12)9-21(19,20)10-14(18)17-13-5-7-16-8-6-13;/h1-4,13,16H,5-10H2,(H,17,18);1H. The first kappa shape index (κ1) is 19.4. The maximum Gasteiger partial charge on any atom is 0.235 e. The Morgan fingerprint density at radius 2 is 1.82 bits per heavy atom. The van der Waals surface area contributed by atoms with Gasteiger partial charge < -0.3 is 10.6 Å². The molecule has 2 rings (SSSR count). The molecule has 1 aliphatic rings. The van der Waals surface area contributed by atoms with Crippen LogP contribution in [0.5, 0.6) is 0 Å². The lowest BCUT2D eigenvalue weighted by molar-refractivity contribution is -0.119. The van der Waals surface area contributed by atoms with Gasteiger partial charge in [0.05, 0.1) is 5.75 Å². The minimum Gasteiger partial charge on any atom is -0.352 e. The van der Waals surface area contributed by atoms with Crippen molar-refractivity contribution in [2.75, 3.05) is 18.8 Å². The van der Waals surface area contributed by atoms with E-state index in [0.29, 0.717) is 5.56 Å². The van der Waals surface area contributed by atoms with Crippen molar-refractivity contribution in [3.8, 4) is 0 Å². The Hall–Kier alpha value is -0.630. The van der Waals surface area contributed by atoms with Crippen LogP contribution in [0.3, 0.4) is 0 Å². The van der Waals surface area contributed by atoms with Crippen molar-refractivity contribution in [2.24, 2.45) is 0 Å². The van der Waals surface area contributed by atoms with Gasteiger partial charge in [-0.3, -0.25) is 4.79 Å². The zero-order chi connectivity index (χ0) is 15.3. The van der Waals surface area contributed by atoms with Crippen molar-refractivity contribution in [2.45, 2.75) is 24.6 Å². The van der Waals surface area contributed by atoms with Gasteiger partial charge in [-0.1, -0.05) is 28.1 Å². The summed E-state index contributed by atoms with van der Waals surface area (Å²) < 4.78 is 25.0. The average Bonchev–Trinajstić information content (AvgIpc) is 2.41. The van der Waals surface area contributed by atoms with E-state index in [1.807, 2.05) is 0 Å². The predicted octanol–water partition coefficient (Wildman–Crippen LogP) is 1.65.